The van der Waals surface area contributed by atoms with Crippen LogP contribution in [0.3, 0.4) is 0 Å². The monoisotopic (exact) mass is 222 g/mol. The lowest BCUT2D eigenvalue weighted by molar-refractivity contribution is -0.157. The van der Waals surface area contributed by atoms with Crippen LogP contribution in [-0.4, -0.2) is 47.3 Å². The summed E-state index contributed by atoms with van der Waals surface area (Å²) in [5, 5.41) is 0. The molecule has 0 radical (unpaired) electrons. The zero-order valence-corrected chi connectivity index (χ0v) is 9.74. The molecule has 16 heavy (non-hydrogen) atoms. The minimum atomic E-state index is -0.200. The molecule has 0 aromatic rings. The van der Waals surface area contributed by atoms with Crippen LogP contribution < -0.4 is 0 Å². The minimum absolute atomic E-state index is 0.0885. The molecule has 0 aliphatic carbocycles. The lowest BCUT2D eigenvalue weighted by atomic mass is 9.98. The van der Waals surface area contributed by atoms with Crippen LogP contribution in [0.4, 0.5) is 0 Å². The van der Waals surface area contributed by atoms with Gasteiger partial charge in [-0.3, -0.25) is 9.59 Å². The summed E-state index contributed by atoms with van der Waals surface area (Å²) in [7, 11) is 0. The summed E-state index contributed by atoms with van der Waals surface area (Å²) in [6.45, 7) is 7.15. The van der Waals surface area contributed by atoms with Crippen LogP contribution in [-0.2, 0) is 9.59 Å². The van der Waals surface area contributed by atoms with Crippen LogP contribution >= 0.6 is 0 Å². The first-order valence-electron chi connectivity index (χ1n) is 5.82. The first-order chi connectivity index (χ1) is 7.59. The third-order valence-electron chi connectivity index (χ3n) is 3.21. The van der Waals surface area contributed by atoms with Gasteiger partial charge in [0.25, 0.3) is 0 Å². The minimum Gasteiger partial charge on any atom is -0.329 e. The maximum Gasteiger partial charge on any atom is 0.246 e. The highest BCUT2D eigenvalue weighted by Crippen LogP contribution is 2.23. The lowest BCUT2D eigenvalue weighted by Gasteiger charge is -2.42. The van der Waals surface area contributed by atoms with E-state index in [4.69, 9.17) is 0 Å². The molecular weight excluding hydrogens is 204 g/mol. The van der Waals surface area contributed by atoms with Crippen molar-refractivity contribution >= 4 is 11.8 Å². The highest BCUT2D eigenvalue weighted by atomic mass is 16.2. The van der Waals surface area contributed by atoms with Crippen LogP contribution in [0.1, 0.15) is 26.2 Å². The van der Waals surface area contributed by atoms with E-state index in [0.29, 0.717) is 6.54 Å². The van der Waals surface area contributed by atoms with E-state index in [1.807, 2.05) is 6.92 Å². The predicted molar refractivity (Wildman–Crippen MR) is 60.7 cm³/mol. The molecule has 2 aliphatic heterocycles. The molecule has 0 bridgehead atoms. The third kappa shape index (κ3) is 1.96. The van der Waals surface area contributed by atoms with E-state index in [1.54, 1.807) is 9.80 Å². The van der Waals surface area contributed by atoms with Crippen molar-refractivity contribution in [2.75, 3.05) is 19.6 Å². The number of fused-ring (bicyclic) bond motifs is 1. The molecular formula is C12H18N2O2. The maximum absolute atomic E-state index is 12.1. The lowest BCUT2D eigenvalue weighted by Crippen LogP contribution is -2.61. The van der Waals surface area contributed by atoms with Crippen LogP contribution in [0.15, 0.2) is 12.2 Å². The summed E-state index contributed by atoms with van der Waals surface area (Å²) < 4.78 is 0. The average molecular weight is 222 g/mol. The molecule has 0 aromatic heterocycles. The van der Waals surface area contributed by atoms with E-state index >= 15 is 0 Å². The van der Waals surface area contributed by atoms with Gasteiger partial charge < -0.3 is 9.80 Å². The van der Waals surface area contributed by atoms with Crippen LogP contribution in [0.25, 0.3) is 0 Å². The average Bonchev–Trinajstić information content (AvgIpc) is 2.25. The van der Waals surface area contributed by atoms with Gasteiger partial charge in [-0.1, -0.05) is 12.2 Å². The summed E-state index contributed by atoms with van der Waals surface area (Å²) in [5.74, 6) is 0.188. The molecule has 4 nitrogen and oxygen atoms in total. The Morgan fingerprint density at radius 3 is 2.88 bits per heavy atom. The summed E-state index contributed by atoms with van der Waals surface area (Å²) >= 11 is 0. The second-order valence-electron chi connectivity index (χ2n) is 4.75. The van der Waals surface area contributed by atoms with E-state index in [0.717, 1.165) is 31.4 Å². The molecule has 0 spiro atoms. The second-order valence-corrected chi connectivity index (χ2v) is 4.75. The number of nitrogens with zero attached hydrogens (tertiary/aromatic N) is 2. The molecule has 2 fully saturated rings. The van der Waals surface area contributed by atoms with Crippen molar-refractivity contribution in [2.24, 2.45) is 0 Å². The summed E-state index contributed by atoms with van der Waals surface area (Å²) in [6, 6.07) is -0.200. The zero-order valence-electron chi connectivity index (χ0n) is 9.74. The van der Waals surface area contributed by atoms with E-state index < -0.39 is 0 Å². The fraction of sp³-hybridized carbons (Fsp3) is 0.667. The Bertz CT molecular complexity index is 338. The Labute approximate surface area is 95.9 Å². The van der Waals surface area contributed by atoms with E-state index in [9.17, 15) is 9.59 Å². The molecule has 2 aliphatic rings. The predicted octanol–water partition coefficient (Wildman–Crippen LogP) is 0.786. The van der Waals surface area contributed by atoms with Gasteiger partial charge in [-0.25, -0.2) is 0 Å². The van der Waals surface area contributed by atoms with E-state index in [1.165, 1.54) is 0 Å². The van der Waals surface area contributed by atoms with Crippen molar-refractivity contribution < 1.29 is 9.59 Å². The smallest absolute Gasteiger partial charge is 0.246 e. The Hall–Kier alpha value is -1.32. The molecule has 0 saturated carbocycles. The van der Waals surface area contributed by atoms with Crippen molar-refractivity contribution in [3.63, 3.8) is 0 Å². The summed E-state index contributed by atoms with van der Waals surface area (Å²) in [4.78, 5) is 27.4. The topological polar surface area (TPSA) is 40.6 Å². The Kier molecular flexibility index (Phi) is 2.99. The van der Waals surface area contributed by atoms with Crippen LogP contribution in [0, 0.1) is 0 Å². The maximum atomic E-state index is 12.1. The molecule has 2 saturated heterocycles. The van der Waals surface area contributed by atoms with Gasteiger partial charge in [0.05, 0.1) is 0 Å². The zero-order chi connectivity index (χ0) is 11.7. The van der Waals surface area contributed by atoms with Crippen molar-refractivity contribution in [1.82, 2.24) is 9.80 Å². The summed E-state index contributed by atoms with van der Waals surface area (Å²) in [5.41, 5.74) is 0.922. The fourth-order valence-electron chi connectivity index (χ4n) is 2.49. The van der Waals surface area contributed by atoms with Gasteiger partial charge in [-0.05, 0) is 26.2 Å². The van der Waals surface area contributed by atoms with Gasteiger partial charge in [0, 0.05) is 13.1 Å². The van der Waals surface area contributed by atoms with Gasteiger partial charge in [-0.15, -0.1) is 0 Å². The highest BCUT2D eigenvalue weighted by molar-refractivity contribution is 5.95. The highest BCUT2D eigenvalue weighted by Gasteiger charge is 2.39. The number of carbonyl (C=O) groups is 2. The molecule has 2 heterocycles. The Morgan fingerprint density at radius 2 is 2.19 bits per heavy atom. The molecule has 1 unspecified atom stereocenters. The first kappa shape index (κ1) is 11.2. The number of carbonyl (C=O) groups excluding carboxylic acids is 2. The SMILES string of the molecule is C=C(C)CN1CC(=O)N2CCCCC2C1=O. The molecule has 0 aromatic carbocycles. The standard InChI is InChI=1S/C12H18N2O2/c1-9(2)7-13-8-11(15)14-6-4-3-5-10(14)12(13)16/h10H,1,3-8H2,2H3. The quantitative estimate of drug-likeness (QED) is 0.648. The normalized spacial score (nSPS) is 25.7. The molecule has 4 heteroatoms. The number of hydrogen-bond acceptors (Lipinski definition) is 2. The third-order valence-corrected chi connectivity index (χ3v) is 3.21. The Balaban J connectivity index is 2.13. The molecule has 2 amide bonds. The van der Waals surface area contributed by atoms with Gasteiger partial charge >= 0.3 is 0 Å². The van der Waals surface area contributed by atoms with E-state index in [-0.39, 0.29) is 24.4 Å². The number of piperazine rings is 1. The van der Waals surface area contributed by atoms with Crippen molar-refractivity contribution in [1.29, 1.82) is 0 Å². The second kappa shape index (κ2) is 4.28. The number of hydrogen-bond donors (Lipinski definition) is 0. The molecule has 2 rings (SSSR count). The van der Waals surface area contributed by atoms with Crippen molar-refractivity contribution in [2.45, 2.75) is 32.2 Å². The van der Waals surface area contributed by atoms with Crippen LogP contribution in [0.2, 0.25) is 0 Å². The number of amides is 2. The van der Waals surface area contributed by atoms with Gasteiger partial charge in [0.2, 0.25) is 11.8 Å². The molecule has 0 N–H and O–H groups in total. The summed E-state index contributed by atoms with van der Waals surface area (Å²) in [6.07, 6.45) is 2.88. The van der Waals surface area contributed by atoms with Crippen molar-refractivity contribution in [3.05, 3.63) is 12.2 Å². The fourth-order valence-corrected chi connectivity index (χ4v) is 2.49. The number of rotatable bonds is 2. The van der Waals surface area contributed by atoms with Crippen molar-refractivity contribution in [3.8, 4) is 0 Å². The largest absolute Gasteiger partial charge is 0.329 e. The van der Waals surface area contributed by atoms with Gasteiger partial charge in [0.15, 0.2) is 0 Å². The Morgan fingerprint density at radius 1 is 1.44 bits per heavy atom. The molecule has 88 valence electrons. The van der Waals surface area contributed by atoms with E-state index in [2.05, 4.69) is 6.58 Å². The molecule has 1 atom stereocenters. The van der Waals surface area contributed by atoms with Gasteiger partial charge in [-0.2, -0.15) is 0 Å². The number of piperidine rings is 1. The first-order valence-corrected chi connectivity index (χ1v) is 5.82. The van der Waals surface area contributed by atoms with Crippen LogP contribution in [0.5, 0.6) is 0 Å². The van der Waals surface area contributed by atoms with Gasteiger partial charge in [0.1, 0.15) is 12.6 Å².